The third kappa shape index (κ3) is 4.35. The fourth-order valence-electron chi connectivity index (χ4n) is 4.12. The van der Waals surface area contributed by atoms with Gasteiger partial charge in [-0.2, -0.15) is 0 Å². The third-order valence-electron chi connectivity index (χ3n) is 5.56. The fraction of sp³-hybridized carbons (Fsp3) is 0.550. The molecule has 0 unspecified atom stereocenters. The van der Waals surface area contributed by atoms with Gasteiger partial charge in [0.05, 0.1) is 23.9 Å². The first-order chi connectivity index (χ1) is 15.2. The topological polar surface area (TPSA) is 100 Å². The molecule has 12 heteroatoms. The molecule has 3 heterocycles. The molecule has 0 radical (unpaired) electrons. The summed E-state index contributed by atoms with van der Waals surface area (Å²) in [6, 6.07) is 1.79. The van der Waals surface area contributed by atoms with E-state index < -0.39 is 47.9 Å². The van der Waals surface area contributed by atoms with Crippen molar-refractivity contribution in [2.75, 3.05) is 13.7 Å². The molecule has 9 nitrogen and oxygen atoms in total. The lowest BCUT2D eigenvalue weighted by Crippen LogP contribution is -2.62. The molecular formula is C20H23ClF2N4O5. The largest absolute Gasteiger partial charge is 0.411 e. The smallest absolute Gasteiger partial charge is 0.177 e. The Morgan fingerprint density at radius 2 is 2.19 bits per heavy atom. The second kappa shape index (κ2) is 8.99. The molecule has 4 rings (SSSR count). The van der Waals surface area contributed by atoms with E-state index in [0.717, 1.165) is 6.07 Å². The summed E-state index contributed by atoms with van der Waals surface area (Å²) in [4.78, 5) is 0. The summed E-state index contributed by atoms with van der Waals surface area (Å²) in [5.74, 6) is -3.07. The number of aromatic nitrogens is 3. The van der Waals surface area contributed by atoms with Crippen LogP contribution in [0.2, 0.25) is 5.02 Å². The molecule has 0 aliphatic carbocycles. The quantitative estimate of drug-likeness (QED) is 0.308. The number of hydrogen-bond donors (Lipinski definition) is 1. The fourth-order valence-corrected chi connectivity index (χ4v) is 4.33. The monoisotopic (exact) mass is 472 g/mol. The van der Waals surface area contributed by atoms with Crippen molar-refractivity contribution in [2.24, 2.45) is 5.16 Å². The molecule has 2 aliphatic rings. The van der Waals surface area contributed by atoms with Crippen molar-refractivity contribution in [2.45, 2.75) is 56.5 Å². The lowest BCUT2D eigenvalue weighted by Gasteiger charge is -2.50. The zero-order valence-corrected chi connectivity index (χ0v) is 18.4. The average molecular weight is 473 g/mol. The number of ether oxygens (including phenoxy) is 4. The van der Waals surface area contributed by atoms with Crippen molar-refractivity contribution in [1.29, 1.82) is 0 Å². The van der Waals surface area contributed by atoms with E-state index in [0.29, 0.717) is 5.69 Å². The van der Waals surface area contributed by atoms with Crippen LogP contribution in [0, 0.1) is 11.6 Å². The predicted molar refractivity (Wildman–Crippen MR) is 109 cm³/mol. The van der Waals surface area contributed by atoms with E-state index in [1.165, 1.54) is 19.4 Å². The number of nitrogens with zero attached hydrogens (tertiary/aromatic N) is 4. The second-order valence-corrected chi connectivity index (χ2v) is 8.48. The maximum atomic E-state index is 13.9. The molecule has 5 atom stereocenters. The highest BCUT2D eigenvalue weighted by Gasteiger charge is 2.52. The minimum absolute atomic E-state index is 0.273. The van der Waals surface area contributed by atoms with Crippen LogP contribution < -0.4 is 0 Å². The molecule has 1 aromatic heterocycles. The Bertz CT molecular complexity index is 981. The van der Waals surface area contributed by atoms with E-state index in [-0.39, 0.29) is 23.6 Å². The minimum Gasteiger partial charge on any atom is -0.411 e. The van der Waals surface area contributed by atoms with Gasteiger partial charge in [0, 0.05) is 25.3 Å². The highest BCUT2D eigenvalue weighted by atomic mass is 35.5. The lowest BCUT2D eigenvalue weighted by molar-refractivity contribution is -0.349. The number of rotatable bonds is 5. The van der Waals surface area contributed by atoms with Gasteiger partial charge in [0.25, 0.3) is 0 Å². The molecule has 0 bridgehead atoms. The first-order valence-corrected chi connectivity index (χ1v) is 10.3. The van der Waals surface area contributed by atoms with Gasteiger partial charge in [-0.15, -0.1) is 10.3 Å². The van der Waals surface area contributed by atoms with Crippen molar-refractivity contribution in [3.63, 3.8) is 0 Å². The van der Waals surface area contributed by atoms with Crippen molar-refractivity contribution >= 4 is 17.8 Å². The van der Waals surface area contributed by atoms with E-state index >= 15 is 0 Å². The molecule has 174 valence electrons. The van der Waals surface area contributed by atoms with Gasteiger partial charge < -0.3 is 24.2 Å². The Morgan fingerprint density at radius 3 is 2.88 bits per heavy atom. The number of hydrogen-bond acceptors (Lipinski definition) is 8. The summed E-state index contributed by atoms with van der Waals surface area (Å²) in [6.45, 7) is 3.86. The third-order valence-corrected chi connectivity index (χ3v) is 5.83. The maximum Gasteiger partial charge on any atom is 0.177 e. The summed E-state index contributed by atoms with van der Waals surface area (Å²) in [6.07, 6.45) is 1.20. The van der Waals surface area contributed by atoms with Crippen molar-refractivity contribution in [3.8, 4) is 11.3 Å². The van der Waals surface area contributed by atoms with Gasteiger partial charge in [-0.25, -0.2) is 13.5 Å². The molecule has 2 aromatic rings. The summed E-state index contributed by atoms with van der Waals surface area (Å²) in [7, 11) is 1.53. The molecular weight excluding hydrogens is 450 g/mol. The van der Waals surface area contributed by atoms with Crippen LogP contribution >= 0.6 is 11.6 Å². The predicted octanol–water partition coefficient (Wildman–Crippen LogP) is 3.20. The molecule has 0 amide bonds. The molecule has 2 saturated heterocycles. The first kappa shape index (κ1) is 23.0. The van der Waals surface area contributed by atoms with Gasteiger partial charge in [-0.05, 0) is 26.0 Å². The highest BCUT2D eigenvalue weighted by molar-refractivity contribution is 6.31. The van der Waals surface area contributed by atoms with Crippen molar-refractivity contribution < 1.29 is 32.9 Å². The first-order valence-electron chi connectivity index (χ1n) is 9.96. The van der Waals surface area contributed by atoms with Crippen LogP contribution in [0.4, 0.5) is 8.78 Å². The van der Waals surface area contributed by atoms with Crippen molar-refractivity contribution in [1.82, 2.24) is 15.0 Å². The lowest BCUT2D eigenvalue weighted by atomic mass is 9.90. The van der Waals surface area contributed by atoms with E-state index in [4.69, 9.17) is 35.8 Å². The van der Waals surface area contributed by atoms with Gasteiger partial charge in [0.2, 0.25) is 0 Å². The van der Waals surface area contributed by atoms with Crippen LogP contribution in [0.15, 0.2) is 23.5 Å². The Labute approximate surface area is 187 Å². The molecule has 0 spiro atoms. The van der Waals surface area contributed by atoms with Gasteiger partial charge in [-0.1, -0.05) is 16.8 Å². The van der Waals surface area contributed by atoms with Gasteiger partial charge >= 0.3 is 0 Å². The van der Waals surface area contributed by atoms with Crippen LogP contribution in [-0.4, -0.2) is 70.3 Å². The standard InChI is InChI=1S/C20H23ClF2N4O5/c1-20(2)30-9-15-19(32-20)17(18(29-3)14(31-15)4-5-24-28)27-8-13(25-26-27)10-6-11(21)16(23)12(22)7-10/h5-8,14-15,17-19,28H,4,9H2,1-3H3/t14-,15-,17-,18+,19+/m1/s1. The summed E-state index contributed by atoms with van der Waals surface area (Å²) < 4.78 is 52.8. The van der Waals surface area contributed by atoms with Gasteiger partial charge in [0.15, 0.2) is 17.4 Å². The average Bonchev–Trinajstić information content (AvgIpc) is 3.24. The molecule has 0 saturated carbocycles. The van der Waals surface area contributed by atoms with E-state index in [1.54, 1.807) is 24.7 Å². The summed E-state index contributed by atoms with van der Waals surface area (Å²) in [5.41, 5.74) is 0.568. The normalized spacial score (nSPS) is 29.9. The molecule has 2 fully saturated rings. The molecule has 1 N–H and O–H groups in total. The van der Waals surface area contributed by atoms with Crippen molar-refractivity contribution in [3.05, 3.63) is 35.0 Å². The van der Waals surface area contributed by atoms with E-state index in [9.17, 15) is 8.78 Å². The zero-order valence-electron chi connectivity index (χ0n) is 17.6. The van der Waals surface area contributed by atoms with Crippen LogP contribution in [0.5, 0.6) is 0 Å². The maximum absolute atomic E-state index is 13.9. The Balaban J connectivity index is 1.72. The summed E-state index contributed by atoms with van der Waals surface area (Å²) >= 11 is 5.79. The SMILES string of the molecule is CO[C@@H]1[C@@H](n2cc(-c3cc(F)c(F)c(Cl)c3)nn2)[C@H]2OC(C)(C)OC[C@H]2O[C@@H]1CC=NO. The van der Waals surface area contributed by atoms with E-state index in [2.05, 4.69) is 15.5 Å². The Kier molecular flexibility index (Phi) is 6.46. The van der Waals surface area contributed by atoms with Gasteiger partial charge in [-0.3, -0.25) is 0 Å². The second-order valence-electron chi connectivity index (χ2n) is 8.07. The molecule has 1 aromatic carbocycles. The van der Waals surface area contributed by atoms with Crippen LogP contribution in [0.1, 0.15) is 26.3 Å². The van der Waals surface area contributed by atoms with E-state index in [1.807, 2.05) is 0 Å². The number of fused-ring (bicyclic) bond motifs is 1. The Morgan fingerprint density at radius 1 is 1.41 bits per heavy atom. The summed E-state index contributed by atoms with van der Waals surface area (Å²) in [5, 5.41) is 19.9. The number of benzene rings is 1. The molecule has 2 aliphatic heterocycles. The number of oxime groups is 1. The Hall–Kier alpha value is -2.18. The number of halogens is 3. The minimum atomic E-state index is -1.12. The number of methoxy groups -OCH3 is 1. The van der Waals surface area contributed by atoms with Crippen LogP contribution in [-0.2, 0) is 18.9 Å². The van der Waals surface area contributed by atoms with Crippen LogP contribution in [0.3, 0.4) is 0 Å². The van der Waals surface area contributed by atoms with Crippen LogP contribution in [0.25, 0.3) is 11.3 Å². The zero-order chi connectivity index (χ0) is 23.0. The molecule has 32 heavy (non-hydrogen) atoms. The highest BCUT2D eigenvalue weighted by Crippen LogP contribution is 2.40. The van der Waals surface area contributed by atoms with Gasteiger partial charge in [0.1, 0.15) is 30.0 Å².